The normalized spacial score (nSPS) is 17.5. The zero-order chi connectivity index (χ0) is 13.6. The molecule has 0 radical (unpaired) electrons. The second-order valence-electron chi connectivity index (χ2n) is 4.32. The van der Waals surface area contributed by atoms with Gasteiger partial charge in [0.2, 0.25) is 0 Å². The Kier molecular flexibility index (Phi) is 2.55. The molecule has 0 fully saturated rings. The molecule has 0 saturated carbocycles. The minimum Gasteiger partial charge on any atom is -0.475 e. The Morgan fingerprint density at radius 3 is 2.95 bits per heavy atom. The van der Waals surface area contributed by atoms with Crippen LogP contribution in [-0.4, -0.2) is 25.8 Å². The minimum absolute atomic E-state index is 0.167. The van der Waals surface area contributed by atoms with E-state index in [1.165, 1.54) is 4.68 Å². The number of hydrogen-bond donors (Lipinski definition) is 1. The van der Waals surface area contributed by atoms with Crippen molar-refractivity contribution >= 4 is 5.97 Å². The van der Waals surface area contributed by atoms with Crippen molar-refractivity contribution in [1.82, 2.24) is 14.8 Å². The third-order valence-corrected chi connectivity index (χ3v) is 3.15. The fraction of sp³-hybridized carbons (Fsp3) is 0.250. The lowest BCUT2D eigenvalue weighted by Gasteiger charge is -2.12. The maximum absolute atomic E-state index is 13.7. The zero-order valence-electron chi connectivity index (χ0n) is 9.68. The molecule has 19 heavy (non-hydrogen) atoms. The van der Waals surface area contributed by atoms with Gasteiger partial charge in [-0.25, -0.2) is 23.2 Å². The van der Waals surface area contributed by atoms with Gasteiger partial charge in [0.15, 0.2) is 0 Å². The Hall–Kier alpha value is -2.31. The fourth-order valence-electron chi connectivity index (χ4n) is 2.31. The third kappa shape index (κ3) is 1.87. The van der Waals surface area contributed by atoms with Crippen molar-refractivity contribution in [3.8, 4) is 0 Å². The second-order valence-corrected chi connectivity index (χ2v) is 4.32. The molecule has 1 unspecified atom stereocenters. The van der Waals surface area contributed by atoms with Gasteiger partial charge in [0, 0.05) is 12.0 Å². The van der Waals surface area contributed by atoms with Gasteiger partial charge in [0.25, 0.3) is 5.82 Å². The molecule has 1 aromatic heterocycles. The van der Waals surface area contributed by atoms with Crippen LogP contribution in [0.15, 0.2) is 18.2 Å². The first-order valence-corrected chi connectivity index (χ1v) is 5.70. The van der Waals surface area contributed by atoms with E-state index in [-0.39, 0.29) is 11.4 Å². The zero-order valence-corrected chi connectivity index (χ0v) is 9.68. The molecule has 0 aliphatic carbocycles. The second kappa shape index (κ2) is 4.11. The number of halogens is 2. The number of nitrogens with zero attached hydrogens (tertiary/aromatic N) is 3. The lowest BCUT2D eigenvalue weighted by atomic mass is 10.0. The van der Waals surface area contributed by atoms with E-state index in [1.807, 2.05) is 0 Å². The molecular weight excluding hydrogens is 256 g/mol. The Morgan fingerprint density at radius 2 is 2.21 bits per heavy atom. The van der Waals surface area contributed by atoms with Gasteiger partial charge in [0.05, 0.1) is 6.04 Å². The van der Waals surface area contributed by atoms with E-state index in [4.69, 9.17) is 5.11 Å². The Balaban J connectivity index is 2.06. The highest BCUT2D eigenvalue weighted by Gasteiger charge is 2.30. The highest BCUT2D eigenvalue weighted by Crippen LogP contribution is 2.32. The Labute approximate surface area is 106 Å². The molecule has 1 aliphatic heterocycles. The minimum atomic E-state index is -1.24. The van der Waals surface area contributed by atoms with Crippen LogP contribution in [0.25, 0.3) is 0 Å². The molecule has 0 spiro atoms. The quantitative estimate of drug-likeness (QED) is 0.898. The molecule has 0 saturated heterocycles. The number of fused-ring (bicyclic) bond motifs is 1. The van der Waals surface area contributed by atoms with E-state index in [9.17, 15) is 13.6 Å². The number of aryl methyl sites for hydroxylation is 1. The van der Waals surface area contributed by atoms with Gasteiger partial charge in [-0.05, 0) is 24.6 Å². The van der Waals surface area contributed by atoms with Crippen molar-refractivity contribution in [2.45, 2.75) is 18.9 Å². The number of rotatable bonds is 2. The van der Waals surface area contributed by atoms with Crippen LogP contribution in [0.4, 0.5) is 8.78 Å². The molecule has 3 rings (SSSR count). The lowest BCUT2D eigenvalue weighted by Crippen LogP contribution is -2.11. The van der Waals surface area contributed by atoms with Gasteiger partial charge in [0.1, 0.15) is 17.5 Å². The molecule has 5 nitrogen and oxygen atoms in total. The van der Waals surface area contributed by atoms with Crippen LogP contribution in [0.2, 0.25) is 0 Å². The van der Waals surface area contributed by atoms with E-state index in [0.717, 1.165) is 18.2 Å². The standard InChI is InChI=1S/C12H9F2N3O2/c13-6-1-2-8(14)7(5-6)9-3-4-10-15-11(12(18)19)16-17(9)10/h1-2,5,9H,3-4H2,(H,18,19). The van der Waals surface area contributed by atoms with Crippen LogP contribution in [0.1, 0.15) is 34.5 Å². The summed E-state index contributed by atoms with van der Waals surface area (Å²) in [5, 5.41) is 12.7. The van der Waals surface area contributed by atoms with Crippen LogP contribution in [-0.2, 0) is 6.42 Å². The molecule has 1 aromatic carbocycles. The van der Waals surface area contributed by atoms with Gasteiger partial charge < -0.3 is 5.11 Å². The smallest absolute Gasteiger partial charge is 0.375 e. The van der Waals surface area contributed by atoms with Gasteiger partial charge in [-0.3, -0.25) is 0 Å². The van der Waals surface area contributed by atoms with Gasteiger partial charge in [-0.1, -0.05) is 0 Å². The summed E-state index contributed by atoms with van der Waals surface area (Å²) in [6.45, 7) is 0. The summed E-state index contributed by atoms with van der Waals surface area (Å²) in [4.78, 5) is 14.7. The molecule has 1 atom stereocenters. The molecular formula is C12H9F2N3O2. The van der Waals surface area contributed by atoms with E-state index in [2.05, 4.69) is 10.1 Å². The number of carbonyl (C=O) groups is 1. The largest absolute Gasteiger partial charge is 0.475 e. The summed E-state index contributed by atoms with van der Waals surface area (Å²) in [5.74, 6) is -2.15. The number of carboxylic acids is 1. The maximum atomic E-state index is 13.7. The molecule has 2 heterocycles. The highest BCUT2D eigenvalue weighted by atomic mass is 19.1. The number of hydrogen-bond acceptors (Lipinski definition) is 3. The van der Waals surface area contributed by atoms with E-state index in [0.29, 0.717) is 18.7 Å². The average molecular weight is 265 g/mol. The fourth-order valence-corrected chi connectivity index (χ4v) is 2.31. The first kappa shape index (κ1) is 11.8. The van der Waals surface area contributed by atoms with Crippen molar-refractivity contribution in [3.05, 3.63) is 47.0 Å². The van der Waals surface area contributed by atoms with E-state index >= 15 is 0 Å². The topological polar surface area (TPSA) is 68.0 Å². The van der Waals surface area contributed by atoms with Gasteiger partial charge in [-0.2, -0.15) is 0 Å². The van der Waals surface area contributed by atoms with Crippen LogP contribution >= 0.6 is 0 Å². The number of aromatic nitrogens is 3. The molecule has 7 heteroatoms. The molecule has 1 N–H and O–H groups in total. The van der Waals surface area contributed by atoms with Crippen molar-refractivity contribution in [3.63, 3.8) is 0 Å². The third-order valence-electron chi connectivity index (χ3n) is 3.15. The summed E-state index contributed by atoms with van der Waals surface area (Å²) in [6, 6.07) is 2.69. The van der Waals surface area contributed by atoms with Crippen molar-refractivity contribution in [2.24, 2.45) is 0 Å². The predicted octanol–water partition coefficient (Wildman–Crippen LogP) is 1.79. The average Bonchev–Trinajstić information content (AvgIpc) is 2.92. The number of carboxylic acid groups (broad SMARTS) is 1. The highest BCUT2D eigenvalue weighted by molar-refractivity contribution is 5.82. The molecule has 1 aliphatic rings. The maximum Gasteiger partial charge on any atom is 0.375 e. The van der Waals surface area contributed by atoms with Crippen molar-refractivity contribution in [1.29, 1.82) is 0 Å². The van der Waals surface area contributed by atoms with Gasteiger partial charge in [-0.15, -0.1) is 5.10 Å². The summed E-state index contributed by atoms with van der Waals surface area (Å²) in [5.41, 5.74) is 0.167. The molecule has 0 bridgehead atoms. The van der Waals surface area contributed by atoms with Crippen molar-refractivity contribution < 1.29 is 18.7 Å². The first-order valence-electron chi connectivity index (χ1n) is 5.70. The van der Waals surface area contributed by atoms with E-state index in [1.54, 1.807) is 0 Å². The van der Waals surface area contributed by atoms with Crippen LogP contribution in [0, 0.1) is 11.6 Å². The number of aromatic carboxylic acids is 1. The molecule has 2 aromatic rings. The van der Waals surface area contributed by atoms with Crippen LogP contribution < -0.4 is 0 Å². The van der Waals surface area contributed by atoms with Gasteiger partial charge >= 0.3 is 5.97 Å². The van der Waals surface area contributed by atoms with Crippen LogP contribution in [0.5, 0.6) is 0 Å². The Morgan fingerprint density at radius 1 is 1.42 bits per heavy atom. The SMILES string of the molecule is O=C(O)c1nc2n(n1)C(c1cc(F)ccc1F)CC2. The van der Waals surface area contributed by atoms with Crippen molar-refractivity contribution in [2.75, 3.05) is 0 Å². The summed E-state index contributed by atoms with van der Waals surface area (Å²) in [6.07, 6.45) is 1.01. The van der Waals surface area contributed by atoms with Crippen LogP contribution in [0.3, 0.4) is 0 Å². The summed E-state index contributed by atoms with van der Waals surface area (Å²) in [7, 11) is 0. The Bertz CT molecular complexity index is 669. The monoisotopic (exact) mass is 265 g/mol. The molecule has 0 amide bonds. The first-order chi connectivity index (χ1) is 9.06. The summed E-state index contributed by atoms with van der Waals surface area (Å²) >= 11 is 0. The lowest BCUT2D eigenvalue weighted by molar-refractivity contribution is 0.0683. The predicted molar refractivity (Wildman–Crippen MR) is 59.8 cm³/mol. The van der Waals surface area contributed by atoms with E-state index < -0.39 is 23.6 Å². The molecule has 98 valence electrons. The summed E-state index contributed by atoms with van der Waals surface area (Å²) < 4.78 is 28.3. The number of benzene rings is 1.